The number of carbonyl (C=O) groups is 2. The van der Waals surface area contributed by atoms with E-state index in [1.165, 1.54) is 0 Å². The van der Waals surface area contributed by atoms with Crippen LogP contribution in [0.15, 0.2) is 24.3 Å². The molecule has 0 radical (unpaired) electrons. The van der Waals surface area contributed by atoms with Crippen LogP contribution in [0.4, 0.5) is 10.5 Å². The largest absolute Gasteiger partial charge is 0.459 e. The predicted octanol–water partition coefficient (Wildman–Crippen LogP) is 2.94. The summed E-state index contributed by atoms with van der Waals surface area (Å²) in [6.07, 6.45) is 0.459. The van der Waals surface area contributed by atoms with Gasteiger partial charge in [-0.2, -0.15) is 0 Å². The lowest BCUT2D eigenvalue weighted by Crippen LogP contribution is -2.42. The molecule has 0 saturated heterocycles. The minimum absolute atomic E-state index is 0.0916. The van der Waals surface area contributed by atoms with Gasteiger partial charge in [-0.05, 0) is 51.5 Å². The van der Waals surface area contributed by atoms with E-state index in [1.807, 2.05) is 27.7 Å². The Morgan fingerprint density at radius 2 is 1.81 bits per heavy atom. The Balaban J connectivity index is 2.40. The minimum Gasteiger partial charge on any atom is -0.459 e. The number of rotatable bonds is 9. The first-order chi connectivity index (χ1) is 12.2. The Morgan fingerprint density at radius 3 is 2.38 bits per heavy atom. The lowest BCUT2D eigenvalue weighted by atomic mass is 10.1. The molecule has 1 rings (SSSR count). The van der Waals surface area contributed by atoms with Crippen molar-refractivity contribution < 1.29 is 24.2 Å². The fraction of sp³-hybridized carbons (Fsp3) is 0.579. The van der Waals surface area contributed by atoms with Gasteiger partial charge in [-0.25, -0.2) is 9.59 Å². The Morgan fingerprint density at radius 1 is 1.15 bits per heavy atom. The molecule has 3 N–H and O–H groups in total. The van der Waals surface area contributed by atoms with Crippen LogP contribution in [0.2, 0.25) is 0 Å². The van der Waals surface area contributed by atoms with Gasteiger partial charge in [0.15, 0.2) is 0 Å². The molecule has 26 heavy (non-hydrogen) atoms. The summed E-state index contributed by atoms with van der Waals surface area (Å²) in [6.45, 7) is 8.59. The second-order valence-corrected chi connectivity index (χ2v) is 7.08. The van der Waals surface area contributed by atoms with Crippen LogP contribution in [0.3, 0.4) is 0 Å². The second-order valence-electron chi connectivity index (χ2n) is 7.08. The number of β-amino-alcohol motifs (C(OH)–C–C–N with tert-alkyl or cyclic N) is 1. The number of unbranched alkanes of at least 4 members (excludes halogenated alkanes) is 1. The fourth-order valence-electron chi connectivity index (χ4n) is 1.89. The Hall–Kier alpha value is -2.12. The minimum atomic E-state index is -0.781. The van der Waals surface area contributed by atoms with Gasteiger partial charge in [-0.1, -0.05) is 13.3 Å². The van der Waals surface area contributed by atoms with Crippen LogP contribution in [-0.2, 0) is 9.47 Å². The zero-order valence-electron chi connectivity index (χ0n) is 16.0. The Labute approximate surface area is 155 Å². The van der Waals surface area contributed by atoms with E-state index in [0.29, 0.717) is 24.4 Å². The normalized spacial score (nSPS) is 12.3. The summed E-state index contributed by atoms with van der Waals surface area (Å²) in [7, 11) is 0. The van der Waals surface area contributed by atoms with E-state index in [0.717, 1.165) is 12.8 Å². The maximum Gasteiger partial charge on any atom is 0.411 e. The molecule has 1 atom stereocenters. The number of benzene rings is 1. The molecule has 0 bridgehead atoms. The summed E-state index contributed by atoms with van der Waals surface area (Å²) in [6, 6.07) is 6.28. The molecule has 146 valence electrons. The molecule has 0 saturated carbocycles. The third kappa shape index (κ3) is 9.39. The highest BCUT2D eigenvalue weighted by Crippen LogP contribution is 2.11. The van der Waals surface area contributed by atoms with Gasteiger partial charge in [0, 0.05) is 17.8 Å². The standard InChI is InChI=1S/C19H30N2O5/c1-5-6-11-25-18(24)21-15-9-7-14(8-10-15)17(23)26-13-16(22)12-20-19(2,3)4/h7-10,16,20,22H,5-6,11-13H2,1-4H3,(H,21,24). The molecule has 0 aromatic heterocycles. The third-order valence-electron chi connectivity index (χ3n) is 3.37. The van der Waals surface area contributed by atoms with Crippen molar-refractivity contribution in [2.75, 3.05) is 25.1 Å². The number of aliphatic hydroxyl groups is 1. The summed E-state index contributed by atoms with van der Waals surface area (Å²) in [4.78, 5) is 23.5. The first-order valence-corrected chi connectivity index (χ1v) is 8.85. The molecule has 7 heteroatoms. The SMILES string of the molecule is CCCCOC(=O)Nc1ccc(C(=O)OCC(O)CNC(C)(C)C)cc1. The number of nitrogens with one attached hydrogen (secondary N) is 2. The molecular weight excluding hydrogens is 336 g/mol. The number of anilines is 1. The first-order valence-electron chi connectivity index (χ1n) is 8.85. The van der Waals surface area contributed by atoms with Crippen molar-refractivity contribution in [3.05, 3.63) is 29.8 Å². The summed E-state index contributed by atoms with van der Waals surface area (Å²) in [5.41, 5.74) is 0.745. The van der Waals surface area contributed by atoms with Gasteiger partial charge in [0.1, 0.15) is 12.7 Å². The molecule has 0 fully saturated rings. The van der Waals surface area contributed by atoms with Gasteiger partial charge in [-0.15, -0.1) is 0 Å². The van der Waals surface area contributed by atoms with Gasteiger partial charge < -0.3 is 19.9 Å². The summed E-state index contributed by atoms with van der Waals surface area (Å²) in [5, 5.41) is 15.6. The molecule has 1 amide bonds. The number of carbonyl (C=O) groups excluding carboxylic acids is 2. The number of hydrogen-bond donors (Lipinski definition) is 3. The van der Waals surface area contributed by atoms with Crippen molar-refractivity contribution in [2.24, 2.45) is 0 Å². The Kier molecular flexibility index (Phi) is 9.09. The molecule has 1 aromatic carbocycles. The average molecular weight is 366 g/mol. The van der Waals surface area contributed by atoms with Crippen molar-refractivity contribution in [3.63, 3.8) is 0 Å². The van der Waals surface area contributed by atoms with E-state index in [4.69, 9.17) is 9.47 Å². The zero-order valence-corrected chi connectivity index (χ0v) is 16.0. The van der Waals surface area contributed by atoms with Crippen molar-refractivity contribution in [1.82, 2.24) is 5.32 Å². The van der Waals surface area contributed by atoms with E-state index in [1.54, 1.807) is 24.3 Å². The van der Waals surface area contributed by atoms with Crippen LogP contribution in [0.25, 0.3) is 0 Å². The molecule has 0 spiro atoms. The fourth-order valence-corrected chi connectivity index (χ4v) is 1.89. The van der Waals surface area contributed by atoms with E-state index in [-0.39, 0.29) is 12.1 Å². The monoisotopic (exact) mass is 366 g/mol. The lowest BCUT2D eigenvalue weighted by Gasteiger charge is -2.22. The third-order valence-corrected chi connectivity index (χ3v) is 3.37. The highest BCUT2D eigenvalue weighted by atomic mass is 16.5. The van der Waals surface area contributed by atoms with Crippen molar-refractivity contribution in [3.8, 4) is 0 Å². The summed E-state index contributed by atoms with van der Waals surface area (Å²) >= 11 is 0. The highest BCUT2D eigenvalue weighted by molar-refractivity contribution is 5.91. The maximum atomic E-state index is 12.0. The molecule has 7 nitrogen and oxygen atoms in total. The lowest BCUT2D eigenvalue weighted by molar-refractivity contribution is 0.0247. The van der Waals surface area contributed by atoms with Gasteiger partial charge in [0.05, 0.1) is 12.2 Å². The van der Waals surface area contributed by atoms with E-state index >= 15 is 0 Å². The molecule has 1 aromatic rings. The van der Waals surface area contributed by atoms with Gasteiger partial charge >= 0.3 is 12.1 Å². The van der Waals surface area contributed by atoms with Crippen LogP contribution < -0.4 is 10.6 Å². The van der Waals surface area contributed by atoms with Crippen molar-refractivity contribution in [1.29, 1.82) is 0 Å². The predicted molar refractivity (Wildman–Crippen MR) is 100 cm³/mol. The van der Waals surface area contributed by atoms with Crippen molar-refractivity contribution >= 4 is 17.7 Å². The second kappa shape index (κ2) is 10.8. The number of hydrogen-bond acceptors (Lipinski definition) is 6. The average Bonchev–Trinajstić information content (AvgIpc) is 2.58. The quantitative estimate of drug-likeness (QED) is 0.459. The van der Waals surface area contributed by atoms with Gasteiger partial charge in [0.2, 0.25) is 0 Å². The molecule has 0 aliphatic rings. The van der Waals surface area contributed by atoms with E-state index in [2.05, 4.69) is 10.6 Å². The van der Waals surface area contributed by atoms with E-state index in [9.17, 15) is 14.7 Å². The molecule has 0 aliphatic carbocycles. The molecular formula is C19H30N2O5. The zero-order chi connectivity index (χ0) is 19.6. The van der Waals surface area contributed by atoms with Crippen LogP contribution >= 0.6 is 0 Å². The van der Waals surface area contributed by atoms with Crippen LogP contribution in [0, 0.1) is 0 Å². The number of esters is 1. The number of ether oxygens (including phenoxy) is 2. The smallest absolute Gasteiger partial charge is 0.411 e. The number of aliphatic hydroxyl groups excluding tert-OH is 1. The molecule has 0 aliphatic heterocycles. The highest BCUT2D eigenvalue weighted by Gasteiger charge is 2.15. The molecule has 0 heterocycles. The van der Waals surface area contributed by atoms with Crippen LogP contribution in [0.1, 0.15) is 50.9 Å². The van der Waals surface area contributed by atoms with E-state index < -0.39 is 18.2 Å². The topological polar surface area (TPSA) is 96.9 Å². The van der Waals surface area contributed by atoms with Crippen molar-refractivity contribution in [2.45, 2.75) is 52.2 Å². The maximum absolute atomic E-state index is 12.0. The summed E-state index contributed by atoms with van der Waals surface area (Å²) < 4.78 is 10.1. The summed E-state index contributed by atoms with van der Waals surface area (Å²) in [5.74, 6) is -0.531. The Bertz CT molecular complexity index is 566. The van der Waals surface area contributed by atoms with Gasteiger partial charge in [-0.3, -0.25) is 5.32 Å². The van der Waals surface area contributed by atoms with Crippen LogP contribution in [-0.4, -0.2) is 48.6 Å². The molecule has 1 unspecified atom stereocenters. The first kappa shape index (κ1) is 21.9. The van der Waals surface area contributed by atoms with Crippen LogP contribution in [0.5, 0.6) is 0 Å². The number of amides is 1. The van der Waals surface area contributed by atoms with Gasteiger partial charge in [0.25, 0.3) is 0 Å².